The first-order chi connectivity index (χ1) is 21.3. The van der Waals surface area contributed by atoms with Gasteiger partial charge < -0.3 is 25.5 Å². The van der Waals surface area contributed by atoms with Crippen LogP contribution in [0, 0.1) is 11.8 Å². The van der Waals surface area contributed by atoms with Gasteiger partial charge in [0, 0.05) is 18.9 Å². The number of nitrogens with two attached hydrogens (primary N) is 2. The highest BCUT2D eigenvalue weighted by molar-refractivity contribution is 5.75. The van der Waals surface area contributed by atoms with Crippen molar-refractivity contribution in [2.24, 2.45) is 17.6 Å². The molecule has 2 aromatic heterocycles. The normalized spacial score (nSPS) is 13.7. The summed E-state index contributed by atoms with van der Waals surface area (Å²) in [6.07, 6.45) is 25.5. The van der Waals surface area contributed by atoms with Crippen LogP contribution in [-0.4, -0.2) is 50.7 Å². The fourth-order valence-electron chi connectivity index (χ4n) is 5.04. The lowest BCUT2D eigenvalue weighted by atomic mass is 10.0. The fraction of sp³-hybridized carbons (Fsp3) is 0.735. The highest BCUT2D eigenvalue weighted by Gasteiger charge is 2.22. The molecule has 44 heavy (non-hydrogen) atoms. The van der Waals surface area contributed by atoms with Crippen LogP contribution in [0.5, 0.6) is 0 Å². The molecule has 4 N–H and O–H groups in total. The third-order valence-electron chi connectivity index (χ3n) is 8.25. The highest BCUT2D eigenvalue weighted by Crippen LogP contribution is 2.17. The van der Waals surface area contributed by atoms with Crippen molar-refractivity contribution in [3.05, 3.63) is 24.7 Å². The molecule has 0 radical (unpaired) electrons. The maximum absolute atomic E-state index is 12.5. The topological polar surface area (TPSA) is 148 Å². The van der Waals surface area contributed by atoms with Crippen molar-refractivity contribution in [2.75, 3.05) is 18.9 Å². The van der Waals surface area contributed by atoms with Crippen molar-refractivity contribution in [3.63, 3.8) is 0 Å². The maximum atomic E-state index is 12.5. The standard InChI is InChI=1S/C34H58N6O4/c1-4-6-7-8-9-10-11-12-13-14-15-16-17-18-19-20-30(41)44-25-28(21-22-43-33(42)31(35)27(3)5-2)24-40-26-38-29-23-37-34(36)39-32(29)40/h15-16,23,26-28,31H,4-14,17-22,24-25,35H2,1-3H3,(H2,36,37,39)/b16-15+/t27?,28-,31+/m1/s1. The molecule has 0 bridgehead atoms. The first kappa shape index (κ1) is 37.2. The van der Waals surface area contributed by atoms with E-state index in [4.69, 9.17) is 20.9 Å². The lowest BCUT2D eigenvalue weighted by Gasteiger charge is -2.20. The molecule has 0 fully saturated rings. The van der Waals surface area contributed by atoms with Gasteiger partial charge in [0.1, 0.15) is 11.6 Å². The zero-order chi connectivity index (χ0) is 32.0. The summed E-state index contributed by atoms with van der Waals surface area (Å²) in [5, 5.41) is 0. The predicted octanol–water partition coefficient (Wildman–Crippen LogP) is 6.91. The highest BCUT2D eigenvalue weighted by atomic mass is 16.5. The number of rotatable bonds is 25. The van der Waals surface area contributed by atoms with Crippen LogP contribution in [0.2, 0.25) is 0 Å². The molecular formula is C34H58N6O4. The number of aromatic nitrogens is 4. The summed E-state index contributed by atoms with van der Waals surface area (Å²) in [5.41, 5.74) is 13.0. The molecule has 0 saturated carbocycles. The fourth-order valence-corrected chi connectivity index (χ4v) is 5.04. The predicted molar refractivity (Wildman–Crippen MR) is 177 cm³/mol. The minimum absolute atomic E-state index is 0.0388. The molecule has 2 rings (SSSR count). The Morgan fingerprint density at radius 3 is 2.27 bits per heavy atom. The monoisotopic (exact) mass is 614 g/mol. The van der Waals surface area contributed by atoms with Crippen LogP contribution in [-0.2, 0) is 25.6 Å². The maximum Gasteiger partial charge on any atom is 0.323 e. The van der Waals surface area contributed by atoms with Gasteiger partial charge in [-0.15, -0.1) is 0 Å². The van der Waals surface area contributed by atoms with Crippen LogP contribution in [0.4, 0.5) is 5.95 Å². The SMILES string of the molecule is CCCCCCCCCCC/C=C/CCCCC(=O)OC[C@H](CCOC(=O)[C@@H](N)C(C)CC)Cn1cnc2cnc(N)nc21. The van der Waals surface area contributed by atoms with E-state index in [2.05, 4.69) is 34.0 Å². The van der Waals surface area contributed by atoms with Gasteiger partial charge in [-0.2, -0.15) is 4.98 Å². The Hall–Kier alpha value is -3.01. The molecule has 2 heterocycles. The number of allylic oxidation sites excluding steroid dienone is 2. The summed E-state index contributed by atoms with van der Waals surface area (Å²) in [7, 11) is 0. The Bertz CT molecular complexity index is 1100. The molecule has 0 spiro atoms. The first-order valence-corrected chi connectivity index (χ1v) is 17.0. The van der Waals surface area contributed by atoms with E-state index in [1.54, 1.807) is 12.5 Å². The molecular weight excluding hydrogens is 556 g/mol. The van der Waals surface area contributed by atoms with Gasteiger partial charge in [0.05, 0.1) is 25.7 Å². The van der Waals surface area contributed by atoms with Crippen LogP contribution < -0.4 is 11.5 Å². The molecule has 0 saturated heterocycles. The zero-order valence-corrected chi connectivity index (χ0v) is 27.6. The van der Waals surface area contributed by atoms with Gasteiger partial charge in [-0.1, -0.05) is 90.7 Å². The van der Waals surface area contributed by atoms with Crippen LogP contribution in [0.15, 0.2) is 24.7 Å². The molecule has 1 unspecified atom stereocenters. The number of hydrogen-bond acceptors (Lipinski definition) is 9. The van der Waals surface area contributed by atoms with Crippen LogP contribution in [0.3, 0.4) is 0 Å². The number of unbranched alkanes of at least 4 members (excludes halogenated alkanes) is 11. The Labute approximate surface area is 264 Å². The number of esters is 2. The van der Waals surface area contributed by atoms with Crippen LogP contribution >= 0.6 is 0 Å². The number of fused-ring (bicyclic) bond motifs is 1. The number of nitrogen functional groups attached to an aromatic ring is 1. The second-order valence-corrected chi connectivity index (χ2v) is 12.1. The van der Waals surface area contributed by atoms with E-state index >= 15 is 0 Å². The molecule has 3 atom stereocenters. The number of carbonyl (C=O) groups excluding carboxylic acids is 2. The molecule has 248 valence electrons. The van der Waals surface area contributed by atoms with Gasteiger partial charge in [-0.25, -0.2) is 9.97 Å². The van der Waals surface area contributed by atoms with Gasteiger partial charge in [-0.05, 0) is 44.4 Å². The van der Waals surface area contributed by atoms with Crippen molar-refractivity contribution in [3.8, 4) is 0 Å². The van der Waals surface area contributed by atoms with Crippen molar-refractivity contribution >= 4 is 29.1 Å². The van der Waals surface area contributed by atoms with Gasteiger partial charge >= 0.3 is 11.9 Å². The van der Waals surface area contributed by atoms with E-state index in [1.807, 2.05) is 18.4 Å². The van der Waals surface area contributed by atoms with Crippen molar-refractivity contribution in [1.29, 1.82) is 0 Å². The first-order valence-electron chi connectivity index (χ1n) is 17.0. The van der Waals surface area contributed by atoms with E-state index in [0.29, 0.717) is 30.6 Å². The number of imidazole rings is 1. The smallest absolute Gasteiger partial charge is 0.323 e. The average Bonchev–Trinajstić information content (AvgIpc) is 3.41. The lowest BCUT2D eigenvalue weighted by Crippen LogP contribution is -2.38. The third-order valence-corrected chi connectivity index (χ3v) is 8.25. The second kappa shape index (κ2) is 22.5. The quantitative estimate of drug-likeness (QED) is 0.0691. The third kappa shape index (κ3) is 15.1. The van der Waals surface area contributed by atoms with Gasteiger partial charge in [0.2, 0.25) is 5.95 Å². The molecule has 10 nitrogen and oxygen atoms in total. The van der Waals surface area contributed by atoms with E-state index in [1.165, 1.54) is 57.8 Å². The molecule has 0 aromatic carbocycles. The Morgan fingerprint density at radius 2 is 1.59 bits per heavy atom. The second-order valence-electron chi connectivity index (χ2n) is 12.1. The molecule has 2 aromatic rings. The number of nitrogens with zero attached hydrogens (tertiary/aromatic N) is 4. The number of ether oxygens (including phenoxy) is 2. The zero-order valence-electron chi connectivity index (χ0n) is 27.6. The summed E-state index contributed by atoms with van der Waals surface area (Å²) >= 11 is 0. The van der Waals surface area contributed by atoms with Gasteiger partial charge in [0.25, 0.3) is 0 Å². The number of hydrogen-bond donors (Lipinski definition) is 2. The average molecular weight is 615 g/mol. The summed E-state index contributed by atoms with van der Waals surface area (Å²) < 4.78 is 13.0. The largest absolute Gasteiger partial charge is 0.465 e. The molecule has 0 aliphatic rings. The van der Waals surface area contributed by atoms with Crippen molar-refractivity contribution in [1.82, 2.24) is 19.5 Å². The Kier molecular flexibility index (Phi) is 19.0. The summed E-state index contributed by atoms with van der Waals surface area (Å²) in [4.78, 5) is 37.5. The summed E-state index contributed by atoms with van der Waals surface area (Å²) in [6.45, 7) is 7.04. The molecule has 10 heteroatoms. The van der Waals surface area contributed by atoms with E-state index in [0.717, 1.165) is 32.1 Å². The number of carbonyl (C=O) groups is 2. The minimum Gasteiger partial charge on any atom is -0.465 e. The molecule has 0 amide bonds. The molecule has 0 aliphatic carbocycles. The Balaban J connectivity index is 1.70. The van der Waals surface area contributed by atoms with E-state index < -0.39 is 12.0 Å². The Morgan fingerprint density at radius 1 is 0.932 bits per heavy atom. The summed E-state index contributed by atoms with van der Waals surface area (Å²) in [6, 6.07) is -0.654. The van der Waals surface area contributed by atoms with Crippen molar-refractivity contribution < 1.29 is 19.1 Å². The van der Waals surface area contributed by atoms with E-state index in [-0.39, 0.29) is 37.0 Å². The van der Waals surface area contributed by atoms with Crippen LogP contribution in [0.25, 0.3) is 11.2 Å². The molecule has 0 aliphatic heterocycles. The van der Waals surface area contributed by atoms with Crippen molar-refractivity contribution in [2.45, 2.75) is 136 Å². The lowest BCUT2D eigenvalue weighted by molar-refractivity contribution is -0.149. The summed E-state index contributed by atoms with van der Waals surface area (Å²) in [5.74, 6) is -0.549. The van der Waals surface area contributed by atoms with Crippen LogP contribution in [0.1, 0.15) is 124 Å². The van der Waals surface area contributed by atoms with Gasteiger partial charge in [-0.3, -0.25) is 9.59 Å². The minimum atomic E-state index is -0.654. The van der Waals surface area contributed by atoms with E-state index in [9.17, 15) is 9.59 Å². The van der Waals surface area contributed by atoms with Gasteiger partial charge in [0.15, 0.2) is 5.65 Å². The number of anilines is 1.